The van der Waals surface area contributed by atoms with Crippen molar-refractivity contribution >= 4 is 5.96 Å². The number of aliphatic imine (C=N–C) groups is 1. The van der Waals surface area contributed by atoms with E-state index in [9.17, 15) is 8.78 Å². The molecule has 0 saturated heterocycles. The molecule has 0 bridgehead atoms. The van der Waals surface area contributed by atoms with E-state index in [0.717, 1.165) is 0 Å². The van der Waals surface area contributed by atoms with Gasteiger partial charge in [-0.2, -0.15) is 0 Å². The van der Waals surface area contributed by atoms with Crippen LogP contribution in [0.4, 0.5) is 8.78 Å². The lowest BCUT2D eigenvalue weighted by Crippen LogP contribution is -2.35. The van der Waals surface area contributed by atoms with E-state index in [1.54, 1.807) is 7.05 Å². The van der Waals surface area contributed by atoms with E-state index in [1.165, 1.54) is 0 Å². The summed E-state index contributed by atoms with van der Waals surface area (Å²) < 4.78 is 25.6. The minimum atomic E-state index is -2.36. The quantitative estimate of drug-likeness (QED) is 0.515. The largest absolute Gasteiger partial charge is 0.370 e. The predicted molar refractivity (Wildman–Crippen MR) is 50.2 cm³/mol. The SMILES string of the molecule is CN=C(N)NCC1CC2C(C1)C2(F)F. The van der Waals surface area contributed by atoms with E-state index < -0.39 is 5.92 Å². The van der Waals surface area contributed by atoms with Gasteiger partial charge in [0.15, 0.2) is 5.96 Å². The molecule has 2 saturated carbocycles. The Morgan fingerprint density at radius 1 is 1.50 bits per heavy atom. The molecule has 3 N–H and O–H groups in total. The van der Waals surface area contributed by atoms with Crippen LogP contribution in [0.5, 0.6) is 0 Å². The van der Waals surface area contributed by atoms with Gasteiger partial charge in [0.05, 0.1) is 0 Å². The second-order valence-electron chi connectivity index (χ2n) is 4.21. The van der Waals surface area contributed by atoms with E-state index in [4.69, 9.17) is 5.73 Å². The number of fused-ring (bicyclic) bond motifs is 1. The van der Waals surface area contributed by atoms with Gasteiger partial charge in [-0.1, -0.05) is 0 Å². The second kappa shape index (κ2) is 3.07. The smallest absolute Gasteiger partial charge is 0.254 e. The number of hydrogen-bond donors (Lipinski definition) is 2. The van der Waals surface area contributed by atoms with E-state index in [2.05, 4.69) is 10.3 Å². The molecule has 3 nitrogen and oxygen atoms in total. The van der Waals surface area contributed by atoms with Crippen molar-refractivity contribution in [1.82, 2.24) is 5.32 Å². The van der Waals surface area contributed by atoms with Gasteiger partial charge in [0.2, 0.25) is 0 Å². The van der Waals surface area contributed by atoms with Crippen LogP contribution in [-0.4, -0.2) is 25.5 Å². The Hall–Kier alpha value is -0.870. The fourth-order valence-electron chi connectivity index (χ4n) is 2.41. The highest BCUT2D eigenvalue weighted by atomic mass is 19.3. The van der Waals surface area contributed by atoms with Crippen LogP contribution in [-0.2, 0) is 0 Å². The summed E-state index contributed by atoms with van der Waals surface area (Å²) >= 11 is 0. The number of nitrogens with zero attached hydrogens (tertiary/aromatic N) is 1. The maximum absolute atomic E-state index is 12.8. The molecule has 2 unspecified atom stereocenters. The van der Waals surface area contributed by atoms with Crippen molar-refractivity contribution in [3.8, 4) is 0 Å². The van der Waals surface area contributed by atoms with Gasteiger partial charge in [0.1, 0.15) is 0 Å². The monoisotopic (exact) mass is 203 g/mol. The van der Waals surface area contributed by atoms with Crippen LogP contribution in [0.25, 0.3) is 0 Å². The molecule has 0 spiro atoms. The molecule has 0 aromatic rings. The minimum absolute atomic E-state index is 0.338. The van der Waals surface area contributed by atoms with Gasteiger partial charge in [0, 0.05) is 25.4 Å². The normalized spacial score (nSPS) is 39.4. The molecule has 2 atom stereocenters. The lowest BCUT2D eigenvalue weighted by Gasteiger charge is -2.14. The zero-order valence-electron chi connectivity index (χ0n) is 8.13. The van der Waals surface area contributed by atoms with Gasteiger partial charge in [0.25, 0.3) is 5.92 Å². The summed E-state index contributed by atoms with van der Waals surface area (Å²) in [6.07, 6.45) is 1.25. The Balaban J connectivity index is 1.73. The second-order valence-corrected chi connectivity index (χ2v) is 4.21. The first kappa shape index (κ1) is 9.68. The molecule has 0 amide bonds. The molecule has 2 fully saturated rings. The van der Waals surface area contributed by atoms with Gasteiger partial charge in [-0.3, -0.25) is 4.99 Å². The molecule has 0 aromatic heterocycles. The van der Waals surface area contributed by atoms with E-state index in [-0.39, 0.29) is 11.8 Å². The van der Waals surface area contributed by atoms with Gasteiger partial charge < -0.3 is 11.1 Å². The average Bonchev–Trinajstić information content (AvgIpc) is 2.57. The van der Waals surface area contributed by atoms with Crippen molar-refractivity contribution in [2.45, 2.75) is 18.8 Å². The van der Waals surface area contributed by atoms with E-state index >= 15 is 0 Å². The molecule has 2 aliphatic rings. The standard InChI is InChI=1S/C9H15F2N3/c1-13-8(12)14-4-5-2-6-7(3-5)9(6,10)11/h5-7H,2-4H2,1H3,(H3,12,13,14). The Labute approximate surface area is 81.8 Å². The lowest BCUT2D eigenvalue weighted by molar-refractivity contribution is 0.0642. The maximum atomic E-state index is 12.8. The number of halogens is 2. The Morgan fingerprint density at radius 3 is 2.57 bits per heavy atom. The van der Waals surface area contributed by atoms with Crippen LogP contribution < -0.4 is 11.1 Å². The first-order valence-electron chi connectivity index (χ1n) is 4.89. The van der Waals surface area contributed by atoms with Crippen LogP contribution in [0, 0.1) is 17.8 Å². The summed E-state index contributed by atoms with van der Waals surface area (Å²) in [5.74, 6) is -2.34. The fraction of sp³-hybridized carbons (Fsp3) is 0.889. The van der Waals surface area contributed by atoms with Crippen molar-refractivity contribution in [2.24, 2.45) is 28.5 Å². The molecule has 0 heterocycles. The number of alkyl halides is 2. The van der Waals surface area contributed by atoms with Crippen LogP contribution in [0.3, 0.4) is 0 Å². The highest BCUT2D eigenvalue weighted by Crippen LogP contribution is 2.65. The summed E-state index contributed by atoms with van der Waals surface area (Å²) in [5, 5.41) is 2.93. The molecular weight excluding hydrogens is 188 g/mol. The first-order chi connectivity index (χ1) is 6.55. The van der Waals surface area contributed by atoms with Gasteiger partial charge in [-0.15, -0.1) is 0 Å². The van der Waals surface area contributed by atoms with Crippen LogP contribution in [0.15, 0.2) is 4.99 Å². The van der Waals surface area contributed by atoms with Crippen LogP contribution in [0.1, 0.15) is 12.8 Å². The minimum Gasteiger partial charge on any atom is -0.370 e. The summed E-state index contributed by atoms with van der Waals surface area (Å²) in [4.78, 5) is 3.74. The molecule has 0 aromatic carbocycles. The third kappa shape index (κ3) is 1.44. The van der Waals surface area contributed by atoms with Crippen molar-refractivity contribution in [3.05, 3.63) is 0 Å². The molecular formula is C9H15F2N3. The Morgan fingerprint density at radius 2 is 2.07 bits per heavy atom. The van der Waals surface area contributed by atoms with E-state index in [0.29, 0.717) is 31.3 Å². The number of hydrogen-bond acceptors (Lipinski definition) is 1. The molecule has 0 aliphatic heterocycles. The Kier molecular flexibility index (Phi) is 2.12. The fourth-order valence-corrected chi connectivity index (χ4v) is 2.41. The van der Waals surface area contributed by atoms with Crippen molar-refractivity contribution in [1.29, 1.82) is 0 Å². The van der Waals surface area contributed by atoms with Gasteiger partial charge in [-0.05, 0) is 18.8 Å². The third-order valence-corrected chi connectivity index (χ3v) is 3.35. The molecule has 80 valence electrons. The molecule has 2 aliphatic carbocycles. The predicted octanol–water partition coefficient (Wildman–Crippen LogP) is 0.812. The summed E-state index contributed by atoms with van der Waals surface area (Å²) in [7, 11) is 1.60. The highest BCUT2D eigenvalue weighted by molar-refractivity contribution is 5.77. The van der Waals surface area contributed by atoms with Crippen LogP contribution in [0.2, 0.25) is 0 Å². The molecule has 0 radical (unpaired) electrons. The number of rotatable bonds is 2. The van der Waals surface area contributed by atoms with Crippen molar-refractivity contribution in [2.75, 3.05) is 13.6 Å². The lowest BCUT2D eigenvalue weighted by atomic mass is 10.0. The third-order valence-electron chi connectivity index (χ3n) is 3.35. The summed E-state index contributed by atoms with van der Waals surface area (Å²) in [6.45, 7) is 0.673. The van der Waals surface area contributed by atoms with Crippen molar-refractivity contribution < 1.29 is 8.78 Å². The van der Waals surface area contributed by atoms with E-state index in [1.807, 2.05) is 0 Å². The number of nitrogens with one attached hydrogen (secondary N) is 1. The summed E-state index contributed by atoms with van der Waals surface area (Å²) in [5.41, 5.74) is 5.44. The number of nitrogens with two attached hydrogens (primary N) is 1. The van der Waals surface area contributed by atoms with Gasteiger partial charge >= 0.3 is 0 Å². The number of guanidine groups is 1. The first-order valence-corrected chi connectivity index (χ1v) is 4.89. The zero-order valence-corrected chi connectivity index (χ0v) is 8.13. The van der Waals surface area contributed by atoms with Crippen LogP contribution >= 0.6 is 0 Å². The summed E-state index contributed by atoms with van der Waals surface area (Å²) in [6, 6.07) is 0. The Bertz CT molecular complexity index is 251. The van der Waals surface area contributed by atoms with Gasteiger partial charge in [-0.25, -0.2) is 8.78 Å². The van der Waals surface area contributed by atoms with Crippen molar-refractivity contribution in [3.63, 3.8) is 0 Å². The molecule has 2 rings (SSSR count). The maximum Gasteiger partial charge on any atom is 0.254 e. The molecule has 14 heavy (non-hydrogen) atoms. The molecule has 5 heteroatoms. The highest BCUT2D eigenvalue weighted by Gasteiger charge is 2.71. The topological polar surface area (TPSA) is 50.4 Å². The zero-order chi connectivity index (χ0) is 10.3. The average molecular weight is 203 g/mol.